The normalized spacial score (nSPS) is 22.4. The standard InChI is InChI=1S/C22H27F2N3/c23-21-3-1-2-20(22(21)24)16-26-11-6-18(7-12-26)19-8-13-27(15-19)14-17-4-9-25-10-5-17/h1-5,9-10,18-19H,6-8,11-16H2. The fraction of sp³-hybridized carbons (Fsp3) is 0.500. The highest BCUT2D eigenvalue weighted by molar-refractivity contribution is 5.19. The molecule has 2 aromatic rings. The van der Waals surface area contributed by atoms with Crippen molar-refractivity contribution in [1.82, 2.24) is 14.8 Å². The van der Waals surface area contributed by atoms with Gasteiger partial charge in [-0.05, 0) is 74.5 Å². The van der Waals surface area contributed by atoms with Crippen molar-refractivity contribution >= 4 is 0 Å². The van der Waals surface area contributed by atoms with Crippen molar-refractivity contribution in [3.8, 4) is 0 Å². The van der Waals surface area contributed by atoms with Crippen LogP contribution >= 0.6 is 0 Å². The molecule has 0 bridgehead atoms. The van der Waals surface area contributed by atoms with Gasteiger partial charge in [0.1, 0.15) is 0 Å². The Balaban J connectivity index is 1.25. The van der Waals surface area contributed by atoms with Gasteiger partial charge in [-0.3, -0.25) is 14.8 Å². The maximum Gasteiger partial charge on any atom is 0.163 e. The minimum absolute atomic E-state index is 0.470. The third-order valence-electron chi connectivity index (χ3n) is 6.19. The molecule has 1 aromatic heterocycles. The Bertz CT molecular complexity index is 744. The van der Waals surface area contributed by atoms with E-state index < -0.39 is 11.6 Å². The average molecular weight is 371 g/mol. The van der Waals surface area contributed by atoms with E-state index in [4.69, 9.17) is 0 Å². The number of pyridine rings is 1. The van der Waals surface area contributed by atoms with Crippen molar-refractivity contribution in [2.75, 3.05) is 26.2 Å². The van der Waals surface area contributed by atoms with Gasteiger partial charge in [-0.2, -0.15) is 0 Å². The molecule has 3 heterocycles. The van der Waals surface area contributed by atoms with E-state index in [9.17, 15) is 8.78 Å². The Morgan fingerprint density at radius 2 is 1.56 bits per heavy atom. The topological polar surface area (TPSA) is 19.4 Å². The smallest absolute Gasteiger partial charge is 0.163 e. The van der Waals surface area contributed by atoms with Crippen LogP contribution in [0.15, 0.2) is 42.7 Å². The van der Waals surface area contributed by atoms with Crippen LogP contribution in [0.5, 0.6) is 0 Å². The van der Waals surface area contributed by atoms with Crippen molar-refractivity contribution in [2.45, 2.75) is 32.4 Å². The van der Waals surface area contributed by atoms with Crippen molar-refractivity contribution < 1.29 is 8.78 Å². The molecule has 1 aromatic carbocycles. The van der Waals surface area contributed by atoms with Crippen molar-refractivity contribution in [2.24, 2.45) is 11.8 Å². The van der Waals surface area contributed by atoms with E-state index in [0.717, 1.165) is 44.3 Å². The van der Waals surface area contributed by atoms with Crippen molar-refractivity contribution in [1.29, 1.82) is 0 Å². The molecule has 27 heavy (non-hydrogen) atoms. The number of halogens is 2. The lowest BCUT2D eigenvalue weighted by atomic mass is 9.83. The van der Waals surface area contributed by atoms with Gasteiger partial charge in [0.25, 0.3) is 0 Å². The molecule has 4 rings (SSSR count). The number of aromatic nitrogens is 1. The van der Waals surface area contributed by atoms with Gasteiger partial charge in [0.2, 0.25) is 0 Å². The second kappa shape index (κ2) is 8.44. The summed E-state index contributed by atoms with van der Waals surface area (Å²) in [5.41, 5.74) is 1.80. The largest absolute Gasteiger partial charge is 0.299 e. The predicted octanol–water partition coefficient (Wildman–Crippen LogP) is 4.09. The Kier molecular flexibility index (Phi) is 5.79. The molecule has 1 atom stereocenters. The molecule has 3 nitrogen and oxygen atoms in total. The highest BCUT2D eigenvalue weighted by atomic mass is 19.2. The minimum Gasteiger partial charge on any atom is -0.299 e. The summed E-state index contributed by atoms with van der Waals surface area (Å²) in [5, 5.41) is 0. The van der Waals surface area contributed by atoms with Gasteiger partial charge in [0, 0.05) is 37.6 Å². The maximum atomic E-state index is 13.9. The Morgan fingerprint density at radius 3 is 2.33 bits per heavy atom. The number of hydrogen-bond acceptors (Lipinski definition) is 3. The first-order valence-corrected chi connectivity index (χ1v) is 9.95. The molecule has 0 amide bonds. The molecule has 5 heteroatoms. The zero-order valence-electron chi connectivity index (χ0n) is 15.7. The number of benzene rings is 1. The summed E-state index contributed by atoms with van der Waals surface area (Å²) in [4.78, 5) is 8.90. The average Bonchev–Trinajstić information content (AvgIpc) is 3.15. The van der Waals surface area contributed by atoms with E-state index in [-0.39, 0.29) is 0 Å². The fourth-order valence-electron chi connectivity index (χ4n) is 4.63. The number of piperidine rings is 1. The van der Waals surface area contributed by atoms with Gasteiger partial charge in [0.15, 0.2) is 11.6 Å². The van der Waals surface area contributed by atoms with Crippen LogP contribution in [-0.4, -0.2) is 41.0 Å². The van der Waals surface area contributed by atoms with Gasteiger partial charge in [-0.1, -0.05) is 12.1 Å². The molecule has 2 aliphatic rings. The highest BCUT2D eigenvalue weighted by Crippen LogP contribution is 2.33. The fourth-order valence-corrected chi connectivity index (χ4v) is 4.63. The minimum atomic E-state index is -0.748. The second-order valence-electron chi connectivity index (χ2n) is 7.97. The molecule has 0 saturated carbocycles. The highest BCUT2D eigenvalue weighted by Gasteiger charge is 2.32. The molecule has 0 N–H and O–H groups in total. The van der Waals surface area contributed by atoms with Crippen LogP contribution in [-0.2, 0) is 13.1 Å². The molecule has 1 unspecified atom stereocenters. The summed E-state index contributed by atoms with van der Waals surface area (Å²) in [6.07, 6.45) is 7.31. The molecule has 2 fully saturated rings. The third kappa shape index (κ3) is 4.53. The monoisotopic (exact) mass is 371 g/mol. The van der Waals surface area contributed by atoms with Gasteiger partial charge < -0.3 is 0 Å². The lowest BCUT2D eigenvalue weighted by Gasteiger charge is -2.35. The van der Waals surface area contributed by atoms with E-state index in [0.29, 0.717) is 12.1 Å². The van der Waals surface area contributed by atoms with E-state index in [1.165, 1.54) is 31.1 Å². The lowest BCUT2D eigenvalue weighted by molar-refractivity contribution is 0.139. The molecule has 0 aliphatic carbocycles. The molecule has 0 spiro atoms. The summed E-state index contributed by atoms with van der Waals surface area (Å²) < 4.78 is 27.3. The van der Waals surface area contributed by atoms with Crippen LogP contribution < -0.4 is 0 Å². The van der Waals surface area contributed by atoms with E-state index >= 15 is 0 Å². The van der Waals surface area contributed by atoms with E-state index in [1.807, 2.05) is 12.4 Å². The number of likely N-dealkylation sites (tertiary alicyclic amines) is 2. The van der Waals surface area contributed by atoms with Crippen molar-refractivity contribution in [3.63, 3.8) is 0 Å². The number of rotatable bonds is 5. The van der Waals surface area contributed by atoms with Crippen LogP contribution in [0, 0.1) is 23.5 Å². The van der Waals surface area contributed by atoms with E-state index in [2.05, 4.69) is 26.9 Å². The van der Waals surface area contributed by atoms with Gasteiger partial charge in [-0.15, -0.1) is 0 Å². The summed E-state index contributed by atoms with van der Waals surface area (Å²) in [5.74, 6) is 0.0748. The first-order chi connectivity index (χ1) is 13.2. The second-order valence-corrected chi connectivity index (χ2v) is 7.97. The zero-order valence-corrected chi connectivity index (χ0v) is 15.7. The maximum absolute atomic E-state index is 13.9. The lowest BCUT2D eigenvalue weighted by Crippen LogP contribution is -2.36. The zero-order chi connectivity index (χ0) is 18.6. The van der Waals surface area contributed by atoms with Crippen LogP contribution in [0.2, 0.25) is 0 Å². The van der Waals surface area contributed by atoms with Crippen LogP contribution in [0.1, 0.15) is 30.4 Å². The first kappa shape index (κ1) is 18.5. The number of nitrogens with zero attached hydrogens (tertiary/aromatic N) is 3. The summed E-state index contributed by atoms with van der Waals surface area (Å²) in [6, 6.07) is 8.66. The van der Waals surface area contributed by atoms with E-state index in [1.54, 1.807) is 12.1 Å². The quantitative estimate of drug-likeness (QED) is 0.789. The Hall–Kier alpha value is -1.85. The molecular weight excluding hydrogens is 344 g/mol. The molecule has 0 radical (unpaired) electrons. The Morgan fingerprint density at radius 1 is 0.852 bits per heavy atom. The summed E-state index contributed by atoms with van der Waals surface area (Å²) in [7, 11) is 0. The SMILES string of the molecule is Fc1cccc(CN2CCC(C3CCN(Cc4ccncc4)C3)CC2)c1F. The first-order valence-electron chi connectivity index (χ1n) is 9.95. The van der Waals surface area contributed by atoms with Crippen LogP contribution in [0.4, 0.5) is 8.78 Å². The van der Waals surface area contributed by atoms with Gasteiger partial charge >= 0.3 is 0 Å². The van der Waals surface area contributed by atoms with Gasteiger partial charge in [0.05, 0.1) is 0 Å². The van der Waals surface area contributed by atoms with Gasteiger partial charge in [-0.25, -0.2) is 8.78 Å². The summed E-state index contributed by atoms with van der Waals surface area (Å²) >= 11 is 0. The molecular formula is C22H27F2N3. The third-order valence-corrected chi connectivity index (χ3v) is 6.19. The van der Waals surface area contributed by atoms with Crippen LogP contribution in [0.25, 0.3) is 0 Å². The predicted molar refractivity (Wildman–Crippen MR) is 102 cm³/mol. The van der Waals surface area contributed by atoms with Crippen LogP contribution in [0.3, 0.4) is 0 Å². The van der Waals surface area contributed by atoms with Crippen molar-refractivity contribution in [3.05, 3.63) is 65.5 Å². The number of hydrogen-bond donors (Lipinski definition) is 0. The molecule has 2 saturated heterocycles. The Labute approximate surface area is 160 Å². The summed E-state index contributed by atoms with van der Waals surface area (Å²) in [6.45, 7) is 5.81. The molecule has 2 aliphatic heterocycles. The molecule has 144 valence electrons.